The Hall–Kier alpha value is -4.44. The molecule has 1 aliphatic rings. The molecule has 0 saturated carbocycles. The summed E-state index contributed by atoms with van der Waals surface area (Å²) in [6.07, 6.45) is 3.66. The van der Waals surface area contributed by atoms with Gasteiger partial charge in [-0.05, 0) is 61.9 Å². The molecule has 0 N–H and O–H groups in total. The zero-order valence-electron chi connectivity index (χ0n) is 24.0. The lowest BCUT2D eigenvalue weighted by Crippen LogP contribution is -2.39. The van der Waals surface area contributed by atoms with E-state index in [9.17, 15) is 9.59 Å². The number of benzene rings is 3. The van der Waals surface area contributed by atoms with Gasteiger partial charge >= 0.3 is 5.97 Å². The number of nitrogens with zero attached hydrogens (tertiary/aromatic N) is 4. The van der Waals surface area contributed by atoms with Crippen molar-refractivity contribution in [3.8, 4) is 22.7 Å². The zero-order chi connectivity index (χ0) is 31.0. The number of allylic oxidation sites excluding steroid dienone is 1. The summed E-state index contributed by atoms with van der Waals surface area (Å²) in [6, 6.07) is 21.5. The number of carbonyl (C=O) groups is 1. The molecule has 222 valence electrons. The molecule has 5 aromatic rings. The monoisotopic (exact) mass is 644 g/mol. The molecule has 11 heteroatoms. The molecule has 0 saturated heterocycles. The largest absolute Gasteiger partial charge is 0.497 e. The predicted molar refractivity (Wildman–Crippen MR) is 172 cm³/mol. The molecule has 1 aliphatic heterocycles. The predicted octanol–water partition coefficient (Wildman–Crippen LogP) is 5.97. The van der Waals surface area contributed by atoms with Crippen LogP contribution in [0.25, 0.3) is 23.0 Å². The number of rotatable bonds is 7. The molecule has 2 aromatic heterocycles. The Balaban J connectivity index is 1.56. The van der Waals surface area contributed by atoms with Gasteiger partial charge in [-0.2, -0.15) is 5.10 Å². The number of methoxy groups -OCH3 is 1. The van der Waals surface area contributed by atoms with Crippen LogP contribution in [0.3, 0.4) is 0 Å². The highest BCUT2D eigenvalue weighted by atomic mass is 35.5. The van der Waals surface area contributed by atoms with Crippen LogP contribution in [0.2, 0.25) is 10.0 Å². The van der Waals surface area contributed by atoms with Crippen molar-refractivity contribution >= 4 is 46.6 Å². The summed E-state index contributed by atoms with van der Waals surface area (Å²) in [4.78, 5) is 32.6. The quantitative estimate of drug-likeness (QED) is 0.204. The molecular weight excluding hydrogens is 619 g/mol. The molecule has 3 heterocycles. The molecule has 0 fully saturated rings. The van der Waals surface area contributed by atoms with E-state index in [1.54, 1.807) is 60.5 Å². The molecule has 0 bridgehead atoms. The van der Waals surface area contributed by atoms with Crippen molar-refractivity contribution < 1.29 is 14.3 Å². The average molecular weight is 646 g/mol. The standard InChI is InChI=1S/C33H26Cl2N4O4S/c1-4-43-32(41)28-19(2)36-33-39(30(28)20-10-13-24(42-3)14-11-20)31(40)27(44-33)17-22-18-38(23-8-6-5-7-9-23)37-29(22)21-12-15-25(34)26(35)16-21/h5-18,30H,4H2,1-3H3. The average Bonchev–Trinajstić information content (AvgIpc) is 3.59. The van der Waals surface area contributed by atoms with E-state index in [2.05, 4.69) is 4.99 Å². The van der Waals surface area contributed by atoms with E-state index >= 15 is 0 Å². The van der Waals surface area contributed by atoms with Crippen molar-refractivity contribution in [2.24, 2.45) is 4.99 Å². The number of halogens is 2. The van der Waals surface area contributed by atoms with Crippen molar-refractivity contribution in [2.45, 2.75) is 19.9 Å². The van der Waals surface area contributed by atoms with E-state index in [4.69, 9.17) is 37.8 Å². The normalized spacial score (nSPS) is 14.8. The van der Waals surface area contributed by atoms with Crippen LogP contribution in [-0.4, -0.2) is 34.0 Å². The molecule has 3 aromatic carbocycles. The lowest BCUT2D eigenvalue weighted by Gasteiger charge is -2.24. The van der Waals surface area contributed by atoms with Crippen molar-refractivity contribution in [1.82, 2.24) is 14.3 Å². The van der Waals surface area contributed by atoms with Crippen LogP contribution in [0, 0.1) is 0 Å². The van der Waals surface area contributed by atoms with Gasteiger partial charge in [-0.1, -0.05) is 70.9 Å². The number of ether oxygens (including phenoxy) is 2. The first-order valence-corrected chi connectivity index (χ1v) is 15.3. The fourth-order valence-corrected chi connectivity index (χ4v) is 6.44. The highest BCUT2D eigenvalue weighted by Crippen LogP contribution is 2.33. The number of aromatic nitrogens is 3. The molecule has 8 nitrogen and oxygen atoms in total. The third-order valence-electron chi connectivity index (χ3n) is 7.19. The number of carbonyl (C=O) groups excluding carboxylic acids is 1. The van der Waals surface area contributed by atoms with Gasteiger partial charge in [-0.25, -0.2) is 14.5 Å². The fourth-order valence-electron chi connectivity index (χ4n) is 5.11. The third-order valence-corrected chi connectivity index (χ3v) is 8.91. The Morgan fingerprint density at radius 3 is 2.48 bits per heavy atom. The second-order valence-electron chi connectivity index (χ2n) is 9.92. The molecule has 0 radical (unpaired) electrons. The molecule has 44 heavy (non-hydrogen) atoms. The Kier molecular flexibility index (Phi) is 8.27. The number of esters is 1. The van der Waals surface area contributed by atoms with Crippen molar-refractivity contribution in [1.29, 1.82) is 0 Å². The Morgan fingerprint density at radius 2 is 1.80 bits per heavy atom. The minimum absolute atomic E-state index is 0.193. The van der Waals surface area contributed by atoms with Gasteiger partial charge in [0.15, 0.2) is 4.80 Å². The van der Waals surface area contributed by atoms with Gasteiger partial charge in [0.05, 0.1) is 51.3 Å². The number of fused-ring (bicyclic) bond motifs is 1. The lowest BCUT2D eigenvalue weighted by atomic mass is 9.96. The molecule has 0 aliphatic carbocycles. The van der Waals surface area contributed by atoms with Crippen molar-refractivity contribution in [2.75, 3.05) is 13.7 Å². The van der Waals surface area contributed by atoms with Crippen LogP contribution >= 0.6 is 34.5 Å². The van der Waals surface area contributed by atoms with Crippen LogP contribution in [-0.2, 0) is 9.53 Å². The SMILES string of the molecule is CCOC(=O)C1=C(C)N=c2sc(=Cc3cn(-c4ccccc4)nc3-c3ccc(Cl)c(Cl)c3)c(=O)n2C1c1ccc(OC)cc1. The maximum Gasteiger partial charge on any atom is 0.338 e. The molecule has 1 unspecified atom stereocenters. The van der Waals surface area contributed by atoms with Gasteiger partial charge in [0.2, 0.25) is 0 Å². The number of hydrogen-bond donors (Lipinski definition) is 0. The second-order valence-corrected chi connectivity index (χ2v) is 11.7. The summed E-state index contributed by atoms with van der Waals surface area (Å²) < 4.78 is 14.5. The van der Waals surface area contributed by atoms with E-state index in [0.29, 0.717) is 47.7 Å². The van der Waals surface area contributed by atoms with Crippen molar-refractivity contribution in [3.05, 3.63) is 131 Å². The smallest absolute Gasteiger partial charge is 0.338 e. The first-order chi connectivity index (χ1) is 21.3. The van der Waals surface area contributed by atoms with Gasteiger partial charge in [0.1, 0.15) is 11.4 Å². The van der Waals surface area contributed by atoms with Crippen LogP contribution in [0.1, 0.15) is 31.0 Å². The molecule has 1 atom stereocenters. The van der Waals surface area contributed by atoms with E-state index in [1.807, 2.05) is 54.7 Å². The fraction of sp³-hybridized carbons (Fsp3) is 0.152. The highest BCUT2D eigenvalue weighted by molar-refractivity contribution is 7.07. The minimum Gasteiger partial charge on any atom is -0.497 e. The van der Waals surface area contributed by atoms with Gasteiger partial charge in [0, 0.05) is 17.3 Å². The van der Waals surface area contributed by atoms with E-state index in [1.165, 1.54) is 11.3 Å². The lowest BCUT2D eigenvalue weighted by molar-refractivity contribution is -0.139. The molecule has 6 rings (SSSR count). The number of hydrogen-bond acceptors (Lipinski definition) is 7. The van der Waals surface area contributed by atoms with Crippen LogP contribution in [0.4, 0.5) is 0 Å². The summed E-state index contributed by atoms with van der Waals surface area (Å²) in [6.45, 7) is 3.69. The number of para-hydroxylation sites is 1. The van der Waals surface area contributed by atoms with Crippen LogP contribution < -0.4 is 19.6 Å². The molecule has 0 spiro atoms. The van der Waals surface area contributed by atoms with Crippen molar-refractivity contribution in [3.63, 3.8) is 0 Å². The van der Waals surface area contributed by atoms with E-state index in [-0.39, 0.29) is 12.2 Å². The molecular formula is C33H26Cl2N4O4S. The molecule has 0 amide bonds. The Labute approximate surface area is 266 Å². The zero-order valence-corrected chi connectivity index (χ0v) is 26.3. The number of thiazole rings is 1. The van der Waals surface area contributed by atoms with Gasteiger partial charge in [-0.15, -0.1) is 0 Å². The van der Waals surface area contributed by atoms with Gasteiger partial charge < -0.3 is 9.47 Å². The maximum atomic E-state index is 14.2. The first-order valence-electron chi connectivity index (χ1n) is 13.7. The summed E-state index contributed by atoms with van der Waals surface area (Å²) in [5.74, 6) is 0.139. The second kappa shape index (κ2) is 12.3. The summed E-state index contributed by atoms with van der Waals surface area (Å²) in [5, 5.41) is 5.67. The summed E-state index contributed by atoms with van der Waals surface area (Å²) in [7, 11) is 1.58. The highest BCUT2D eigenvalue weighted by Gasteiger charge is 2.33. The Bertz CT molecular complexity index is 2100. The summed E-state index contributed by atoms with van der Waals surface area (Å²) in [5.41, 5.74) is 4.14. The van der Waals surface area contributed by atoms with E-state index < -0.39 is 12.0 Å². The third kappa shape index (κ3) is 5.50. The maximum absolute atomic E-state index is 14.2. The Morgan fingerprint density at radius 1 is 1.05 bits per heavy atom. The van der Waals surface area contributed by atoms with Gasteiger partial charge in [0.25, 0.3) is 5.56 Å². The topological polar surface area (TPSA) is 87.7 Å². The van der Waals surface area contributed by atoms with E-state index in [0.717, 1.165) is 16.8 Å². The van der Waals surface area contributed by atoms with Gasteiger partial charge in [-0.3, -0.25) is 9.36 Å². The minimum atomic E-state index is -0.736. The first kappa shape index (κ1) is 29.6. The van der Waals surface area contributed by atoms with Crippen LogP contribution in [0.15, 0.2) is 100 Å². The summed E-state index contributed by atoms with van der Waals surface area (Å²) >= 11 is 13.8. The van der Waals surface area contributed by atoms with Crippen LogP contribution in [0.5, 0.6) is 5.75 Å².